The van der Waals surface area contributed by atoms with E-state index in [9.17, 15) is 24.6 Å². The Morgan fingerprint density at radius 1 is 1.46 bits per heavy atom. The van der Waals surface area contributed by atoms with E-state index in [0.29, 0.717) is 5.57 Å². The molecule has 0 aromatic heterocycles. The van der Waals surface area contributed by atoms with Crippen LogP contribution in [0.4, 0.5) is 0 Å². The Morgan fingerprint density at radius 3 is 2.58 bits per heavy atom. The number of aliphatic hydroxyl groups is 2. The van der Waals surface area contributed by atoms with Crippen molar-refractivity contribution in [2.45, 2.75) is 45.5 Å². The van der Waals surface area contributed by atoms with Crippen LogP contribution < -0.4 is 0 Å². The Hall–Kier alpha value is -2.19. The first-order valence-electron chi connectivity index (χ1n) is 7.47. The van der Waals surface area contributed by atoms with E-state index in [1.807, 2.05) is 0 Å². The molecular formula is C16H22O8. The van der Waals surface area contributed by atoms with E-state index in [4.69, 9.17) is 4.74 Å². The number of methoxy groups -OCH3 is 1. The molecule has 1 aliphatic heterocycles. The van der Waals surface area contributed by atoms with E-state index in [0.717, 1.165) is 13.4 Å². The lowest BCUT2D eigenvalue weighted by Crippen LogP contribution is -2.49. The summed E-state index contributed by atoms with van der Waals surface area (Å²) >= 11 is 0. The van der Waals surface area contributed by atoms with Crippen LogP contribution in [0.3, 0.4) is 0 Å². The summed E-state index contributed by atoms with van der Waals surface area (Å²) < 4.78 is 14.4. The van der Waals surface area contributed by atoms with Gasteiger partial charge in [0.05, 0.1) is 18.6 Å². The Morgan fingerprint density at radius 2 is 2.08 bits per heavy atom. The van der Waals surface area contributed by atoms with Crippen molar-refractivity contribution in [1.29, 1.82) is 0 Å². The van der Waals surface area contributed by atoms with Crippen molar-refractivity contribution in [3.05, 3.63) is 23.5 Å². The zero-order chi connectivity index (χ0) is 18.4. The van der Waals surface area contributed by atoms with Crippen molar-refractivity contribution in [2.24, 2.45) is 5.92 Å². The number of carbonyl (C=O) groups is 3. The summed E-state index contributed by atoms with van der Waals surface area (Å²) in [5.41, 5.74) is 0.127. The zero-order valence-corrected chi connectivity index (χ0v) is 14.0. The fourth-order valence-corrected chi connectivity index (χ4v) is 2.23. The molecule has 0 aromatic rings. The monoisotopic (exact) mass is 342 g/mol. The van der Waals surface area contributed by atoms with Gasteiger partial charge in [0.1, 0.15) is 18.5 Å². The van der Waals surface area contributed by atoms with Gasteiger partial charge in [-0.05, 0) is 20.3 Å². The topological polar surface area (TPSA) is 119 Å². The summed E-state index contributed by atoms with van der Waals surface area (Å²) in [6.45, 7) is 4.86. The van der Waals surface area contributed by atoms with Gasteiger partial charge < -0.3 is 24.4 Å². The molecule has 4 atom stereocenters. The van der Waals surface area contributed by atoms with Gasteiger partial charge in [0.15, 0.2) is 6.10 Å². The molecule has 8 nitrogen and oxygen atoms in total. The van der Waals surface area contributed by atoms with Crippen LogP contribution in [0.25, 0.3) is 0 Å². The highest BCUT2D eigenvalue weighted by Crippen LogP contribution is 2.29. The number of allylic oxidation sites excluding steroid dienone is 1. The number of hydrogen-bond donors (Lipinski definition) is 2. The molecule has 1 heterocycles. The third-order valence-electron chi connectivity index (χ3n) is 3.83. The number of ether oxygens (including phenoxy) is 3. The molecule has 0 radical (unpaired) electrons. The van der Waals surface area contributed by atoms with Crippen molar-refractivity contribution >= 4 is 17.9 Å². The van der Waals surface area contributed by atoms with E-state index in [1.54, 1.807) is 26.8 Å². The summed E-state index contributed by atoms with van der Waals surface area (Å²) in [5, 5.41) is 20.5. The van der Waals surface area contributed by atoms with E-state index >= 15 is 0 Å². The summed E-state index contributed by atoms with van der Waals surface area (Å²) in [6.07, 6.45) is -1.73. The summed E-state index contributed by atoms with van der Waals surface area (Å²) in [5.74, 6) is -3.85. The average Bonchev–Trinajstić information content (AvgIpc) is 2.59. The SMILES string of the molecule is C/C=C(\C)C(=O)O[C@H](CC)[C@@H](O)[C@@H]1C(C(=O)OC)=COC(=O)C1O. The first-order chi connectivity index (χ1) is 11.3. The molecule has 1 rings (SSSR count). The summed E-state index contributed by atoms with van der Waals surface area (Å²) in [4.78, 5) is 35.2. The number of esters is 3. The molecule has 0 saturated heterocycles. The van der Waals surface area contributed by atoms with Gasteiger partial charge in [0.25, 0.3) is 0 Å². The number of hydrogen-bond acceptors (Lipinski definition) is 8. The molecule has 0 saturated carbocycles. The molecule has 134 valence electrons. The van der Waals surface area contributed by atoms with Crippen LogP contribution in [0.15, 0.2) is 23.5 Å². The number of aliphatic hydroxyl groups excluding tert-OH is 2. The van der Waals surface area contributed by atoms with E-state index in [1.165, 1.54) is 0 Å². The molecule has 8 heteroatoms. The molecule has 0 bridgehead atoms. The summed E-state index contributed by atoms with van der Waals surface area (Å²) in [7, 11) is 1.11. The smallest absolute Gasteiger partial charge is 0.340 e. The first kappa shape index (κ1) is 19.9. The Bertz CT molecular complexity index is 562. The van der Waals surface area contributed by atoms with Gasteiger partial charge in [0.2, 0.25) is 0 Å². The molecule has 0 spiro atoms. The van der Waals surface area contributed by atoms with Gasteiger partial charge in [-0.15, -0.1) is 0 Å². The van der Waals surface area contributed by atoms with E-state index in [-0.39, 0.29) is 12.0 Å². The van der Waals surface area contributed by atoms with Crippen LogP contribution in [-0.4, -0.2) is 53.5 Å². The number of cyclic esters (lactones) is 1. The normalized spacial score (nSPS) is 23.7. The fourth-order valence-electron chi connectivity index (χ4n) is 2.23. The van der Waals surface area contributed by atoms with Gasteiger partial charge in [-0.3, -0.25) is 0 Å². The fraction of sp³-hybridized carbons (Fsp3) is 0.562. The molecule has 0 amide bonds. The van der Waals surface area contributed by atoms with Crippen molar-refractivity contribution < 1.29 is 38.8 Å². The minimum Gasteiger partial charge on any atom is -0.466 e. The average molecular weight is 342 g/mol. The van der Waals surface area contributed by atoms with Gasteiger partial charge in [-0.2, -0.15) is 0 Å². The molecule has 1 aliphatic rings. The zero-order valence-electron chi connectivity index (χ0n) is 14.0. The highest BCUT2D eigenvalue weighted by atomic mass is 16.6. The van der Waals surface area contributed by atoms with Gasteiger partial charge in [-0.1, -0.05) is 13.0 Å². The van der Waals surface area contributed by atoms with Crippen molar-refractivity contribution in [1.82, 2.24) is 0 Å². The van der Waals surface area contributed by atoms with E-state index in [2.05, 4.69) is 9.47 Å². The molecule has 1 unspecified atom stereocenters. The van der Waals surface area contributed by atoms with E-state index < -0.39 is 42.1 Å². The van der Waals surface area contributed by atoms with Crippen LogP contribution in [0, 0.1) is 5.92 Å². The Balaban J connectivity index is 3.09. The first-order valence-corrected chi connectivity index (χ1v) is 7.47. The number of rotatable bonds is 6. The van der Waals surface area contributed by atoms with Gasteiger partial charge in [0, 0.05) is 5.57 Å². The second-order valence-electron chi connectivity index (χ2n) is 5.29. The lowest BCUT2D eigenvalue weighted by Gasteiger charge is -2.33. The minimum absolute atomic E-state index is 0.205. The molecule has 24 heavy (non-hydrogen) atoms. The lowest BCUT2D eigenvalue weighted by molar-refractivity contribution is -0.165. The standard InChI is InChI=1S/C16H22O8/c1-5-8(3)14(19)24-10(6-2)12(17)11-9(15(20)22-4)7-23-16(21)13(11)18/h5,7,10-13,17-18H,6H2,1-4H3/b8-5+/t10-,11+,12-,13?/m1/s1. The third kappa shape index (κ3) is 4.21. The van der Waals surface area contributed by atoms with Crippen LogP contribution >= 0.6 is 0 Å². The molecule has 0 aromatic carbocycles. The predicted molar refractivity (Wildman–Crippen MR) is 81.3 cm³/mol. The van der Waals surface area contributed by atoms with Crippen LogP contribution in [0.5, 0.6) is 0 Å². The molecule has 0 aliphatic carbocycles. The second-order valence-corrected chi connectivity index (χ2v) is 5.29. The maximum absolute atomic E-state index is 11.9. The molecule has 0 fully saturated rings. The predicted octanol–water partition coefficient (Wildman–Crippen LogP) is 0.226. The number of carbonyl (C=O) groups excluding carboxylic acids is 3. The summed E-state index contributed by atoms with van der Waals surface area (Å²) in [6, 6.07) is 0. The minimum atomic E-state index is -1.78. The maximum Gasteiger partial charge on any atom is 0.340 e. The quantitative estimate of drug-likeness (QED) is 0.400. The van der Waals surface area contributed by atoms with Crippen molar-refractivity contribution in [3.8, 4) is 0 Å². The Labute approximate surface area is 139 Å². The largest absolute Gasteiger partial charge is 0.466 e. The maximum atomic E-state index is 11.9. The van der Waals surface area contributed by atoms with Crippen molar-refractivity contribution in [2.75, 3.05) is 7.11 Å². The van der Waals surface area contributed by atoms with Crippen LogP contribution in [0.1, 0.15) is 27.2 Å². The molecule has 2 N–H and O–H groups in total. The third-order valence-corrected chi connectivity index (χ3v) is 3.83. The highest BCUT2D eigenvalue weighted by molar-refractivity contribution is 5.92. The Kier molecular flexibility index (Phi) is 7.12. The highest BCUT2D eigenvalue weighted by Gasteiger charge is 2.45. The van der Waals surface area contributed by atoms with Gasteiger partial charge >= 0.3 is 17.9 Å². The van der Waals surface area contributed by atoms with Crippen LogP contribution in [0.2, 0.25) is 0 Å². The van der Waals surface area contributed by atoms with Gasteiger partial charge in [-0.25, -0.2) is 14.4 Å². The second kappa shape index (κ2) is 8.60. The molecular weight excluding hydrogens is 320 g/mol. The lowest BCUT2D eigenvalue weighted by atomic mass is 9.84. The van der Waals surface area contributed by atoms with Crippen LogP contribution in [-0.2, 0) is 28.6 Å². The van der Waals surface area contributed by atoms with Crippen molar-refractivity contribution in [3.63, 3.8) is 0 Å².